The minimum Gasteiger partial charge on any atom is -0.478 e. The number of anilines is 1. The van der Waals surface area contributed by atoms with Crippen LogP contribution in [-0.4, -0.2) is 22.7 Å². The number of hydrogen-bond donors (Lipinski definition) is 2. The van der Waals surface area contributed by atoms with Crippen molar-refractivity contribution in [3.63, 3.8) is 0 Å². The first-order chi connectivity index (χ1) is 7.91. The van der Waals surface area contributed by atoms with Gasteiger partial charge in [-0.15, -0.1) is 0 Å². The second-order valence-electron chi connectivity index (χ2n) is 4.19. The number of benzene rings is 1. The number of nitrogens with two attached hydrogens (primary N) is 1. The second-order valence-corrected chi connectivity index (χ2v) is 4.61. The number of thiocarbonyl (C=S) groups is 1. The molecule has 4 nitrogen and oxygen atoms in total. The van der Waals surface area contributed by atoms with Gasteiger partial charge in [-0.3, -0.25) is 0 Å². The third-order valence-electron chi connectivity index (χ3n) is 2.24. The Balaban J connectivity index is 2.95. The van der Waals surface area contributed by atoms with Gasteiger partial charge in [-0.1, -0.05) is 13.8 Å². The van der Waals surface area contributed by atoms with Crippen LogP contribution in [0.15, 0.2) is 24.3 Å². The van der Waals surface area contributed by atoms with Crippen LogP contribution in [0.4, 0.5) is 5.69 Å². The maximum Gasteiger partial charge on any atom is 0.335 e. The van der Waals surface area contributed by atoms with Crippen molar-refractivity contribution < 1.29 is 9.90 Å². The second kappa shape index (κ2) is 5.63. The van der Waals surface area contributed by atoms with Gasteiger partial charge < -0.3 is 15.7 Å². The molecule has 3 N–H and O–H groups in total. The molecule has 5 heteroatoms. The van der Waals surface area contributed by atoms with Crippen molar-refractivity contribution >= 4 is 29.0 Å². The molecule has 0 aliphatic heterocycles. The Morgan fingerprint density at radius 2 is 1.94 bits per heavy atom. The highest BCUT2D eigenvalue weighted by atomic mass is 32.1. The fraction of sp³-hybridized carbons (Fsp3) is 0.333. The lowest BCUT2D eigenvalue weighted by molar-refractivity contribution is 0.0697. The van der Waals surface area contributed by atoms with Crippen LogP contribution in [0.1, 0.15) is 24.2 Å². The van der Waals surface area contributed by atoms with E-state index in [-0.39, 0.29) is 5.56 Å². The smallest absolute Gasteiger partial charge is 0.335 e. The molecule has 0 radical (unpaired) electrons. The standard InChI is InChI=1S/C12H16N2O2S/c1-8(2)7-14(12(13)17)10-5-3-9(4-6-10)11(15)16/h3-6,8H,7H2,1-2H3,(H2,13,17)(H,15,16). The van der Waals surface area contributed by atoms with E-state index in [9.17, 15) is 4.79 Å². The molecule has 0 amide bonds. The summed E-state index contributed by atoms with van der Waals surface area (Å²) in [6.07, 6.45) is 0. The summed E-state index contributed by atoms with van der Waals surface area (Å²) in [7, 11) is 0. The molecule has 92 valence electrons. The monoisotopic (exact) mass is 252 g/mol. The molecule has 0 aromatic heterocycles. The number of carbonyl (C=O) groups is 1. The number of carboxylic acid groups (broad SMARTS) is 1. The van der Waals surface area contributed by atoms with Crippen molar-refractivity contribution in [1.29, 1.82) is 0 Å². The van der Waals surface area contributed by atoms with Crippen molar-refractivity contribution in [2.45, 2.75) is 13.8 Å². The molecule has 17 heavy (non-hydrogen) atoms. The Kier molecular flexibility index (Phi) is 4.45. The molecule has 0 saturated heterocycles. The average molecular weight is 252 g/mol. The molecule has 0 aliphatic carbocycles. The Labute approximate surface area is 106 Å². The third-order valence-corrected chi connectivity index (χ3v) is 2.46. The summed E-state index contributed by atoms with van der Waals surface area (Å²) in [5.41, 5.74) is 6.72. The first-order valence-electron chi connectivity index (χ1n) is 5.32. The first-order valence-corrected chi connectivity index (χ1v) is 5.73. The van der Waals surface area contributed by atoms with Crippen LogP contribution < -0.4 is 10.6 Å². The van der Waals surface area contributed by atoms with E-state index in [0.717, 1.165) is 5.69 Å². The van der Waals surface area contributed by atoms with E-state index in [2.05, 4.69) is 13.8 Å². The number of hydrogen-bond acceptors (Lipinski definition) is 2. The van der Waals surface area contributed by atoms with Crippen molar-refractivity contribution in [2.24, 2.45) is 11.7 Å². The Morgan fingerprint density at radius 3 is 2.29 bits per heavy atom. The Morgan fingerprint density at radius 1 is 1.41 bits per heavy atom. The van der Waals surface area contributed by atoms with Gasteiger partial charge in [0.15, 0.2) is 5.11 Å². The van der Waals surface area contributed by atoms with Gasteiger partial charge in [-0.25, -0.2) is 4.79 Å². The topological polar surface area (TPSA) is 66.6 Å². The first kappa shape index (κ1) is 13.4. The zero-order valence-electron chi connectivity index (χ0n) is 9.88. The fourth-order valence-corrected chi connectivity index (χ4v) is 1.65. The normalized spacial score (nSPS) is 10.3. The minimum atomic E-state index is -0.942. The summed E-state index contributed by atoms with van der Waals surface area (Å²) in [5, 5.41) is 9.10. The highest BCUT2D eigenvalue weighted by molar-refractivity contribution is 7.80. The maximum atomic E-state index is 10.7. The molecule has 0 heterocycles. The van der Waals surface area contributed by atoms with Gasteiger partial charge in [0, 0.05) is 12.2 Å². The lowest BCUT2D eigenvalue weighted by Crippen LogP contribution is -2.38. The Hall–Kier alpha value is -1.62. The quantitative estimate of drug-likeness (QED) is 0.803. The molecule has 1 rings (SSSR count). The van der Waals surface area contributed by atoms with Crippen molar-refractivity contribution in [2.75, 3.05) is 11.4 Å². The summed E-state index contributed by atoms with van der Waals surface area (Å²) in [5.74, 6) is -0.530. The summed E-state index contributed by atoms with van der Waals surface area (Å²) in [4.78, 5) is 12.5. The lowest BCUT2D eigenvalue weighted by Gasteiger charge is -2.24. The van der Waals surface area contributed by atoms with Gasteiger partial charge in [-0.05, 0) is 42.4 Å². The maximum absolute atomic E-state index is 10.7. The molecule has 0 fully saturated rings. The number of carboxylic acids is 1. The van der Waals surface area contributed by atoms with Crippen molar-refractivity contribution in [3.05, 3.63) is 29.8 Å². The van der Waals surface area contributed by atoms with Crippen LogP contribution in [-0.2, 0) is 0 Å². The summed E-state index contributed by atoms with van der Waals surface area (Å²) in [6.45, 7) is 4.84. The molecule has 0 aliphatic rings. The molecular weight excluding hydrogens is 236 g/mol. The average Bonchev–Trinajstić information content (AvgIpc) is 2.25. The van der Waals surface area contributed by atoms with Gasteiger partial charge in [0.2, 0.25) is 0 Å². The van der Waals surface area contributed by atoms with E-state index in [4.69, 9.17) is 23.1 Å². The molecule has 1 aromatic carbocycles. The predicted octanol–water partition coefficient (Wildman–Crippen LogP) is 2.09. The van der Waals surface area contributed by atoms with E-state index >= 15 is 0 Å². The van der Waals surface area contributed by atoms with E-state index in [1.165, 1.54) is 0 Å². The number of nitrogens with zero attached hydrogens (tertiary/aromatic N) is 1. The molecular formula is C12H16N2O2S. The van der Waals surface area contributed by atoms with E-state index in [1.807, 2.05) is 0 Å². The fourth-order valence-electron chi connectivity index (χ4n) is 1.47. The Bertz CT molecular complexity index is 415. The molecule has 0 unspecified atom stereocenters. The number of rotatable bonds is 4. The van der Waals surface area contributed by atoms with E-state index in [0.29, 0.717) is 17.6 Å². The third kappa shape index (κ3) is 3.71. The largest absolute Gasteiger partial charge is 0.478 e. The number of aromatic carboxylic acids is 1. The van der Waals surface area contributed by atoms with Crippen LogP contribution in [0.25, 0.3) is 0 Å². The molecule has 1 aromatic rings. The van der Waals surface area contributed by atoms with Gasteiger partial charge in [0.25, 0.3) is 0 Å². The molecule has 0 saturated carbocycles. The zero-order chi connectivity index (χ0) is 13.0. The highest BCUT2D eigenvalue weighted by Crippen LogP contribution is 2.16. The highest BCUT2D eigenvalue weighted by Gasteiger charge is 2.12. The van der Waals surface area contributed by atoms with Crippen LogP contribution in [0.2, 0.25) is 0 Å². The van der Waals surface area contributed by atoms with Crippen molar-refractivity contribution in [1.82, 2.24) is 0 Å². The van der Waals surface area contributed by atoms with Crippen molar-refractivity contribution in [3.8, 4) is 0 Å². The lowest BCUT2D eigenvalue weighted by atomic mass is 10.1. The van der Waals surface area contributed by atoms with Crippen LogP contribution in [0.5, 0.6) is 0 Å². The summed E-state index contributed by atoms with van der Waals surface area (Å²) < 4.78 is 0. The molecule has 0 bridgehead atoms. The van der Waals surface area contributed by atoms with Gasteiger partial charge in [0.05, 0.1) is 5.56 Å². The van der Waals surface area contributed by atoms with Gasteiger partial charge in [0.1, 0.15) is 0 Å². The van der Waals surface area contributed by atoms with Crippen LogP contribution in [0, 0.1) is 5.92 Å². The summed E-state index contributed by atoms with van der Waals surface area (Å²) in [6, 6.07) is 6.52. The zero-order valence-corrected chi connectivity index (χ0v) is 10.7. The van der Waals surface area contributed by atoms with Crippen LogP contribution >= 0.6 is 12.2 Å². The predicted molar refractivity (Wildman–Crippen MR) is 72.4 cm³/mol. The molecule has 0 atom stereocenters. The minimum absolute atomic E-state index is 0.251. The summed E-state index contributed by atoms with van der Waals surface area (Å²) >= 11 is 4.99. The van der Waals surface area contributed by atoms with E-state index < -0.39 is 5.97 Å². The SMILES string of the molecule is CC(C)CN(C(N)=S)c1ccc(C(=O)O)cc1. The molecule has 0 spiro atoms. The van der Waals surface area contributed by atoms with Crippen LogP contribution in [0.3, 0.4) is 0 Å². The van der Waals surface area contributed by atoms with Gasteiger partial charge >= 0.3 is 5.97 Å². The van der Waals surface area contributed by atoms with E-state index in [1.54, 1.807) is 29.2 Å². The van der Waals surface area contributed by atoms with Gasteiger partial charge in [-0.2, -0.15) is 0 Å².